The van der Waals surface area contributed by atoms with Crippen LogP contribution in [-0.2, 0) is 11.3 Å². The number of hydrogen-bond donors (Lipinski definition) is 2. The summed E-state index contributed by atoms with van der Waals surface area (Å²) in [5, 5.41) is 5.42. The van der Waals surface area contributed by atoms with E-state index in [0.717, 1.165) is 0 Å². The smallest absolute Gasteiger partial charge is 0.268 e. The number of fused-ring (bicyclic) bond motifs is 1. The van der Waals surface area contributed by atoms with Crippen LogP contribution in [0, 0.1) is 0 Å². The van der Waals surface area contributed by atoms with Crippen LogP contribution in [0.3, 0.4) is 0 Å². The van der Waals surface area contributed by atoms with Crippen molar-refractivity contribution in [1.82, 2.24) is 10.6 Å². The van der Waals surface area contributed by atoms with E-state index in [0.29, 0.717) is 34.1 Å². The summed E-state index contributed by atoms with van der Waals surface area (Å²) in [6, 6.07) is 15.5. The summed E-state index contributed by atoms with van der Waals surface area (Å²) in [4.78, 5) is 25.7. The largest absolute Gasteiger partial charge is 0.496 e. The van der Waals surface area contributed by atoms with Crippen molar-refractivity contribution >= 4 is 17.9 Å². The number of para-hydroxylation sites is 1. The molecule has 8 heteroatoms. The summed E-state index contributed by atoms with van der Waals surface area (Å²) in [6.45, 7) is 0.318. The Morgan fingerprint density at radius 2 is 1.90 bits per heavy atom. The van der Waals surface area contributed by atoms with Gasteiger partial charge in [0.25, 0.3) is 11.8 Å². The molecule has 0 radical (unpaired) electrons. The maximum Gasteiger partial charge on any atom is 0.268 e. The molecule has 0 atom stereocenters. The second kappa shape index (κ2) is 9.08. The van der Waals surface area contributed by atoms with Crippen LogP contribution in [-0.4, -0.2) is 25.7 Å². The molecular formula is C23H20N2O6. The lowest BCUT2D eigenvalue weighted by Crippen LogP contribution is -2.34. The van der Waals surface area contributed by atoms with Gasteiger partial charge in [-0.3, -0.25) is 9.59 Å². The molecule has 0 bridgehead atoms. The number of rotatable bonds is 7. The van der Waals surface area contributed by atoms with Gasteiger partial charge in [-0.15, -0.1) is 0 Å². The zero-order valence-electron chi connectivity index (χ0n) is 16.7. The van der Waals surface area contributed by atoms with Crippen molar-refractivity contribution in [3.63, 3.8) is 0 Å². The molecule has 0 spiro atoms. The van der Waals surface area contributed by atoms with Crippen LogP contribution in [0.5, 0.6) is 17.2 Å². The van der Waals surface area contributed by atoms with Crippen molar-refractivity contribution < 1.29 is 28.2 Å². The fourth-order valence-electron chi connectivity index (χ4n) is 3.03. The molecule has 4 rings (SSSR count). The highest BCUT2D eigenvalue weighted by molar-refractivity contribution is 6.06. The molecule has 0 fully saturated rings. The van der Waals surface area contributed by atoms with E-state index in [2.05, 4.69) is 10.6 Å². The number of hydrogen-bond acceptors (Lipinski definition) is 6. The Kier molecular flexibility index (Phi) is 5.89. The topological polar surface area (TPSA) is 99.0 Å². The number of furan rings is 1. The zero-order chi connectivity index (χ0) is 21.6. The number of benzene rings is 2. The van der Waals surface area contributed by atoms with Gasteiger partial charge in [0.05, 0.1) is 25.5 Å². The van der Waals surface area contributed by atoms with Crippen LogP contribution in [0.15, 0.2) is 71.0 Å². The van der Waals surface area contributed by atoms with Gasteiger partial charge in [-0.05, 0) is 48.0 Å². The highest BCUT2D eigenvalue weighted by Gasteiger charge is 2.19. The molecule has 0 unspecified atom stereocenters. The summed E-state index contributed by atoms with van der Waals surface area (Å²) in [7, 11) is 1.48. The molecule has 1 aliphatic rings. The normalized spacial score (nSPS) is 12.4. The average molecular weight is 420 g/mol. The van der Waals surface area contributed by atoms with Crippen molar-refractivity contribution in [3.8, 4) is 17.2 Å². The van der Waals surface area contributed by atoms with Crippen LogP contribution in [0.4, 0.5) is 0 Å². The Bertz CT molecular complexity index is 1120. The first-order chi connectivity index (χ1) is 15.1. The van der Waals surface area contributed by atoms with E-state index in [4.69, 9.17) is 18.6 Å². The molecule has 2 heterocycles. The SMILES string of the molecule is COc1ccccc1C(=O)N/C(=C\c1ccc2c(c1)OCO2)C(=O)NCc1ccco1. The summed E-state index contributed by atoms with van der Waals surface area (Å²) in [6.07, 6.45) is 3.08. The first-order valence-corrected chi connectivity index (χ1v) is 9.50. The van der Waals surface area contributed by atoms with Gasteiger partial charge in [-0.1, -0.05) is 18.2 Å². The average Bonchev–Trinajstić information content (AvgIpc) is 3.48. The number of amides is 2. The Balaban J connectivity index is 1.60. The molecule has 0 aliphatic carbocycles. The maximum atomic E-state index is 12.9. The predicted octanol–water partition coefficient (Wildman–Crippen LogP) is 3.10. The van der Waals surface area contributed by atoms with Crippen molar-refractivity contribution in [3.05, 3.63) is 83.4 Å². The van der Waals surface area contributed by atoms with E-state index >= 15 is 0 Å². The Hall–Kier alpha value is -4.20. The van der Waals surface area contributed by atoms with E-state index in [9.17, 15) is 9.59 Å². The van der Waals surface area contributed by atoms with Crippen LogP contribution in [0.1, 0.15) is 21.7 Å². The monoisotopic (exact) mass is 420 g/mol. The third-order valence-electron chi connectivity index (χ3n) is 4.56. The highest BCUT2D eigenvalue weighted by atomic mass is 16.7. The highest BCUT2D eigenvalue weighted by Crippen LogP contribution is 2.33. The molecular weight excluding hydrogens is 400 g/mol. The van der Waals surface area contributed by atoms with Crippen LogP contribution in [0.25, 0.3) is 6.08 Å². The molecule has 1 aliphatic heterocycles. The van der Waals surface area contributed by atoms with E-state index in [-0.39, 0.29) is 19.0 Å². The van der Waals surface area contributed by atoms with E-state index in [1.807, 2.05) is 0 Å². The number of carbonyl (C=O) groups excluding carboxylic acids is 2. The third-order valence-corrected chi connectivity index (χ3v) is 4.56. The first-order valence-electron chi connectivity index (χ1n) is 9.50. The molecule has 2 aromatic carbocycles. The van der Waals surface area contributed by atoms with Crippen molar-refractivity contribution in [1.29, 1.82) is 0 Å². The lowest BCUT2D eigenvalue weighted by atomic mass is 10.1. The van der Waals surface area contributed by atoms with Crippen molar-refractivity contribution in [2.75, 3.05) is 13.9 Å². The molecule has 31 heavy (non-hydrogen) atoms. The van der Waals surface area contributed by atoms with Gasteiger partial charge < -0.3 is 29.3 Å². The molecule has 1 aromatic heterocycles. The van der Waals surface area contributed by atoms with Gasteiger partial charge in [0.1, 0.15) is 17.2 Å². The summed E-state index contributed by atoms with van der Waals surface area (Å²) in [5.41, 5.74) is 1.02. The standard InChI is InChI=1S/C23H20N2O6/c1-28-19-7-3-2-6-17(19)22(26)25-18(23(27)24-13-16-5-4-10-29-16)11-15-8-9-20-21(12-15)31-14-30-20/h2-12H,13-14H2,1H3,(H,24,27)(H,25,26)/b18-11-. The molecule has 8 nitrogen and oxygen atoms in total. The molecule has 0 saturated heterocycles. The lowest BCUT2D eigenvalue weighted by Gasteiger charge is -2.12. The van der Waals surface area contributed by atoms with Gasteiger partial charge >= 0.3 is 0 Å². The molecule has 0 saturated carbocycles. The second-order valence-corrected chi connectivity index (χ2v) is 6.59. The van der Waals surface area contributed by atoms with E-state index < -0.39 is 11.8 Å². The van der Waals surface area contributed by atoms with Crippen molar-refractivity contribution in [2.24, 2.45) is 0 Å². The van der Waals surface area contributed by atoms with E-state index in [1.165, 1.54) is 13.4 Å². The summed E-state index contributed by atoms with van der Waals surface area (Å²) >= 11 is 0. The van der Waals surface area contributed by atoms with Crippen LogP contribution < -0.4 is 24.8 Å². The lowest BCUT2D eigenvalue weighted by molar-refractivity contribution is -0.118. The van der Waals surface area contributed by atoms with Gasteiger partial charge in [0, 0.05) is 0 Å². The predicted molar refractivity (Wildman–Crippen MR) is 112 cm³/mol. The van der Waals surface area contributed by atoms with Crippen LogP contribution in [0.2, 0.25) is 0 Å². The Morgan fingerprint density at radius 3 is 2.71 bits per heavy atom. The third kappa shape index (κ3) is 4.69. The van der Waals surface area contributed by atoms with Crippen LogP contribution >= 0.6 is 0 Å². The Morgan fingerprint density at radius 1 is 1.06 bits per heavy atom. The minimum atomic E-state index is -0.475. The summed E-state index contributed by atoms with van der Waals surface area (Å²) in [5.74, 6) is 1.24. The zero-order valence-corrected chi connectivity index (χ0v) is 16.7. The number of methoxy groups -OCH3 is 1. The van der Waals surface area contributed by atoms with Gasteiger partial charge in [-0.25, -0.2) is 0 Å². The first kappa shape index (κ1) is 20.1. The molecule has 2 N–H and O–H groups in total. The minimum Gasteiger partial charge on any atom is -0.496 e. The maximum absolute atomic E-state index is 12.9. The molecule has 2 amide bonds. The number of nitrogens with one attached hydrogen (secondary N) is 2. The second-order valence-electron chi connectivity index (χ2n) is 6.59. The quantitative estimate of drug-likeness (QED) is 0.570. The fourth-order valence-corrected chi connectivity index (χ4v) is 3.03. The molecule has 3 aromatic rings. The fraction of sp³-hybridized carbons (Fsp3) is 0.130. The van der Waals surface area contributed by atoms with Gasteiger partial charge in [-0.2, -0.15) is 0 Å². The van der Waals surface area contributed by atoms with Crippen molar-refractivity contribution in [2.45, 2.75) is 6.54 Å². The minimum absolute atomic E-state index is 0.0568. The molecule has 158 valence electrons. The summed E-state index contributed by atoms with van der Waals surface area (Å²) < 4.78 is 21.2. The Labute approximate surface area is 178 Å². The van der Waals surface area contributed by atoms with E-state index in [1.54, 1.807) is 60.7 Å². The number of carbonyl (C=O) groups is 2. The van der Waals surface area contributed by atoms with Gasteiger partial charge in [0.2, 0.25) is 6.79 Å². The number of ether oxygens (including phenoxy) is 3. The van der Waals surface area contributed by atoms with Gasteiger partial charge in [0.15, 0.2) is 11.5 Å².